The second kappa shape index (κ2) is 6.29. The third kappa shape index (κ3) is 2.89. The monoisotopic (exact) mass is 352 g/mol. The fourth-order valence-corrected chi connectivity index (χ4v) is 2.96. The van der Waals surface area contributed by atoms with Crippen LogP contribution in [0.15, 0.2) is 49.1 Å². The Morgan fingerprint density at radius 3 is 2.68 bits per heavy atom. The van der Waals surface area contributed by atoms with E-state index in [2.05, 4.69) is 25.6 Å². The molecule has 4 rings (SSSR count). The van der Waals surface area contributed by atoms with E-state index >= 15 is 0 Å². The molecule has 0 spiro atoms. The van der Waals surface area contributed by atoms with Crippen molar-refractivity contribution in [3.05, 3.63) is 49.1 Å². The maximum absolute atomic E-state index is 6.17. The van der Waals surface area contributed by atoms with Crippen LogP contribution in [0.3, 0.4) is 0 Å². The minimum Gasteiger partial charge on any atom is -0.347 e. The van der Waals surface area contributed by atoms with Crippen molar-refractivity contribution in [3.63, 3.8) is 0 Å². The van der Waals surface area contributed by atoms with Gasteiger partial charge >= 0.3 is 0 Å². The maximum atomic E-state index is 6.17. The van der Waals surface area contributed by atoms with Gasteiger partial charge in [0, 0.05) is 38.4 Å². The lowest BCUT2D eigenvalue weighted by molar-refractivity contribution is 0.989. The molecule has 1 atom stereocenters. The molecule has 0 N–H and O–H groups in total. The number of alkyl halides is 1. The fraction of sp³-hybridized carbons (Fsp3) is 0.222. The van der Waals surface area contributed by atoms with Crippen molar-refractivity contribution in [2.45, 2.75) is 11.8 Å². The summed E-state index contributed by atoms with van der Waals surface area (Å²) in [5.74, 6) is 1.45. The number of imidazole rings is 1. The summed E-state index contributed by atoms with van der Waals surface area (Å²) in [4.78, 5) is 19.7. The molecule has 0 amide bonds. The summed E-state index contributed by atoms with van der Waals surface area (Å²) >= 11 is 6.17. The Morgan fingerprint density at radius 1 is 1.20 bits per heavy atom. The van der Waals surface area contributed by atoms with Gasteiger partial charge in [-0.2, -0.15) is 0 Å². The Balaban J connectivity index is 1.89. The van der Waals surface area contributed by atoms with Gasteiger partial charge in [-0.3, -0.25) is 9.55 Å². The van der Waals surface area contributed by atoms with Crippen molar-refractivity contribution in [3.8, 4) is 11.4 Å². The number of hydrogen-bond acceptors (Lipinski definition) is 5. The Labute approximate surface area is 150 Å². The van der Waals surface area contributed by atoms with Gasteiger partial charge in [-0.15, -0.1) is 11.6 Å². The van der Waals surface area contributed by atoms with E-state index in [-0.39, 0.29) is 5.38 Å². The summed E-state index contributed by atoms with van der Waals surface area (Å²) in [6, 6.07) is 1.90. The fourth-order valence-electron chi connectivity index (χ4n) is 2.80. The second-order valence-corrected chi connectivity index (χ2v) is 6.60. The van der Waals surface area contributed by atoms with Gasteiger partial charge in [0.2, 0.25) is 5.95 Å². The first-order chi connectivity index (χ1) is 12.1. The molecule has 0 saturated heterocycles. The first kappa shape index (κ1) is 15.8. The average molecular weight is 353 g/mol. The number of hydrogen-bond donors (Lipinski definition) is 0. The van der Waals surface area contributed by atoms with E-state index in [1.54, 1.807) is 18.6 Å². The lowest BCUT2D eigenvalue weighted by atomic mass is 10.1. The molecule has 1 aliphatic carbocycles. The maximum Gasteiger partial charge on any atom is 0.224 e. The van der Waals surface area contributed by atoms with E-state index in [4.69, 9.17) is 16.6 Å². The van der Waals surface area contributed by atoms with Crippen LogP contribution in [0, 0.1) is 0 Å². The molecule has 0 aliphatic heterocycles. The van der Waals surface area contributed by atoms with Gasteiger partial charge in [0.25, 0.3) is 0 Å². The zero-order chi connectivity index (χ0) is 17.4. The molecule has 126 valence electrons. The minimum absolute atomic E-state index is 0.0304. The summed E-state index contributed by atoms with van der Waals surface area (Å²) in [5, 5.41) is 0.0304. The van der Waals surface area contributed by atoms with E-state index in [0.29, 0.717) is 5.95 Å². The molecule has 0 fully saturated rings. The number of halogens is 1. The molecule has 0 radical (unpaired) electrons. The lowest BCUT2D eigenvalue weighted by Crippen LogP contribution is -2.12. The molecule has 0 bridgehead atoms. The summed E-state index contributed by atoms with van der Waals surface area (Å²) in [6.07, 6.45) is 14.1. The summed E-state index contributed by atoms with van der Waals surface area (Å²) in [7, 11) is 3.83. The van der Waals surface area contributed by atoms with Gasteiger partial charge < -0.3 is 4.90 Å². The summed E-state index contributed by atoms with van der Waals surface area (Å²) in [5.41, 5.74) is 3.70. The predicted molar refractivity (Wildman–Crippen MR) is 101 cm³/mol. The SMILES string of the molecule is CN(C)c1ncc(-c2nc3ccncc3n2C2=CCC(Cl)C=C2)cn1. The van der Waals surface area contributed by atoms with Crippen molar-refractivity contribution < 1.29 is 0 Å². The molecule has 3 aromatic heterocycles. The van der Waals surface area contributed by atoms with Crippen LogP contribution in [-0.2, 0) is 0 Å². The third-order valence-electron chi connectivity index (χ3n) is 4.04. The van der Waals surface area contributed by atoms with Gasteiger partial charge in [0.1, 0.15) is 5.82 Å². The molecule has 6 nitrogen and oxygen atoms in total. The smallest absolute Gasteiger partial charge is 0.224 e. The molecule has 3 aromatic rings. The van der Waals surface area contributed by atoms with E-state index in [1.807, 2.05) is 43.4 Å². The summed E-state index contributed by atoms with van der Waals surface area (Å²) < 4.78 is 2.08. The van der Waals surface area contributed by atoms with Crippen molar-refractivity contribution in [1.82, 2.24) is 24.5 Å². The number of allylic oxidation sites excluding steroid dienone is 4. The van der Waals surface area contributed by atoms with Gasteiger partial charge in [0.15, 0.2) is 0 Å². The van der Waals surface area contributed by atoms with E-state index in [9.17, 15) is 0 Å². The molecule has 0 aromatic carbocycles. The average Bonchev–Trinajstić information content (AvgIpc) is 3.02. The van der Waals surface area contributed by atoms with Gasteiger partial charge in [-0.25, -0.2) is 15.0 Å². The molecule has 7 heteroatoms. The van der Waals surface area contributed by atoms with Crippen LogP contribution in [0.5, 0.6) is 0 Å². The largest absolute Gasteiger partial charge is 0.347 e. The second-order valence-electron chi connectivity index (χ2n) is 6.04. The quantitative estimate of drug-likeness (QED) is 0.676. The van der Waals surface area contributed by atoms with Crippen LogP contribution in [0.25, 0.3) is 28.1 Å². The highest BCUT2D eigenvalue weighted by Gasteiger charge is 2.17. The van der Waals surface area contributed by atoms with E-state index in [0.717, 1.165) is 34.5 Å². The molecule has 0 saturated carbocycles. The summed E-state index contributed by atoms with van der Waals surface area (Å²) in [6.45, 7) is 0. The molecule has 1 aliphatic rings. The van der Waals surface area contributed by atoms with Crippen LogP contribution in [0.1, 0.15) is 6.42 Å². The predicted octanol–water partition coefficient (Wildman–Crippen LogP) is 3.36. The Morgan fingerprint density at radius 2 is 2.00 bits per heavy atom. The number of aromatic nitrogens is 5. The highest BCUT2D eigenvalue weighted by Crippen LogP contribution is 2.30. The van der Waals surface area contributed by atoms with Crippen molar-refractivity contribution in [1.29, 1.82) is 0 Å². The first-order valence-corrected chi connectivity index (χ1v) is 8.42. The Bertz CT molecular complexity index is 971. The van der Waals surface area contributed by atoms with Crippen LogP contribution in [0.4, 0.5) is 5.95 Å². The Kier molecular flexibility index (Phi) is 3.97. The standard InChI is InChI=1S/C18H17ClN6/c1-24(2)18-21-9-12(10-22-18)17-23-15-7-8-20-11-16(15)25(17)14-5-3-13(19)4-6-14/h3,5-11,13H,4H2,1-2H3. The number of rotatable bonds is 3. The lowest BCUT2D eigenvalue weighted by Gasteiger charge is -2.15. The normalized spacial score (nSPS) is 16.9. The van der Waals surface area contributed by atoms with Crippen molar-refractivity contribution in [2.75, 3.05) is 19.0 Å². The minimum atomic E-state index is 0.0304. The van der Waals surface area contributed by atoms with Crippen LogP contribution in [-0.4, -0.2) is 44.0 Å². The highest BCUT2D eigenvalue weighted by atomic mass is 35.5. The highest BCUT2D eigenvalue weighted by molar-refractivity contribution is 6.22. The number of fused-ring (bicyclic) bond motifs is 1. The topological polar surface area (TPSA) is 59.7 Å². The van der Waals surface area contributed by atoms with Crippen molar-refractivity contribution in [2.24, 2.45) is 0 Å². The van der Waals surface area contributed by atoms with Crippen LogP contribution < -0.4 is 4.90 Å². The number of pyridine rings is 1. The first-order valence-electron chi connectivity index (χ1n) is 7.98. The van der Waals surface area contributed by atoms with E-state index in [1.165, 1.54) is 0 Å². The zero-order valence-electron chi connectivity index (χ0n) is 14.0. The van der Waals surface area contributed by atoms with E-state index < -0.39 is 0 Å². The van der Waals surface area contributed by atoms with Gasteiger partial charge in [-0.1, -0.05) is 12.2 Å². The molecule has 1 unspecified atom stereocenters. The van der Waals surface area contributed by atoms with Gasteiger partial charge in [-0.05, 0) is 18.6 Å². The van der Waals surface area contributed by atoms with Crippen LogP contribution >= 0.6 is 11.6 Å². The molecule has 3 heterocycles. The molecular weight excluding hydrogens is 336 g/mol. The zero-order valence-corrected chi connectivity index (χ0v) is 14.7. The Hall–Kier alpha value is -2.73. The molecule has 25 heavy (non-hydrogen) atoms. The van der Waals surface area contributed by atoms with Gasteiger partial charge in [0.05, 0.1) is 28.2 Å². The third-order valence-corrected chi connectivity index (χ3v) is 4.36. The van der Waals surface area contributed by atoms with Crippen molar-refractivity contribution >= 4 is 34.3 Å². The number of nitrogens with zero attached hydrogens (tertiary/aromatic N) is 6. The number of anilines is 1. The van der Waals surface area contributed by atoms with Crippen LogP contribution in [0.2, 0.25) is 0 Å². The molecular formula is C18H17ClN6.